The van der Waals surface area contributed by atoms with E-state index in [1.54, 1.807) is 25.2 Å². The highest BCUT2D eigenvalue weighted by molar-refractivity contribution is 6.33. The van der Waals surface area contributed by atoms with Gasteiger partial charge in [0, 0.05) is 44.3 Å². The van der Waals surface area contributed by atoms with E-state index < -0.39 is 47.6 Å². The van der Waals surface area contributed by atoms with Gasteiger partial charge in [-0.2, -0.15) is 0 Å². The van der Waals surface area contributed by atoms with Crippen LogP contribution >= 0.6 is 11.6 Å². The number of likely N-dealkylation sites (tertiary alicyclic amines) is 1. The summed E-state index contributed by atoms with van der Waals surface area (Å²) < 4.78 is 18.3. The van der Waals surface area contributed by atoms with Crippen LogP contribution in [0.15, 0.2) is 58.5 Å². The molecule has 10 atom stereocenters. The number of benzene rings is 2. The Morgan fingerprint density at radius 3 is 2.59 bits per heavy atom. The summed E-state index contributed by atoms with van der Waals surface area (Å²) in [4.78, 5) is 39.9. The van der Waals surface area contributed by atoms with Crippen LogP contribution < -0.4 is 10.4 Å². The van der Waals surface area contributed by atoms with E-state index in [0.29, 0.717) is 16.3 Å². The molecule has 2 saturated heterocycles. The van der Waals surface area contributed by atoms with Gasteiger partial charge in [0.25, 0.3) is 0 Å². The number of nitrogens with zero attached hydrogens (tertiary/aromatic N) is 3. The molecule has 2 aliphatic carbocycles. The highest BCUT2D eigenvalue weighted by Gasteiger charge is 2.62. The van der Waals surface area contributed by atoms with Crippen LogP contribution in [0.25, 0.3) is 11.1 Å². The lowest BCUT2D eigenvalue weighted by Crippen LogP contribution is -2.66. The lowest BCUT2D eigenvalue weighted by Gasteiger charge is -2.56. The van der Waals surface area contributed by atoms with Crippen LogP contribution in [0.5, 0.6) is 0 Å². The highest BCUT2D eigenvalue weighted by atomic mass is 35.5. The Hall–Kier alpha value is -3.52. The van der Waals surface area contributed by atoms with E-state index in [1.807, 2.05) is 38.1 Å². The predicted octanol–water partition coefficient (Wildman–Crippen LogP) is 5.45. The van der Waals surface area contributed by atoms with Crippen LogP contribution in [0.3, 0.4) is 0 Å². The highest BCUT2D eigenvalue weighted by Crippen LogP contribution is 2.53. The first-order valence-corrected chi connectivity index (χ1v) is 19.7. The smallest absolute Gasteiger partial charge is 0.323 e. The number of nitrogens with one attached hydrogen (secondary N) is 1. The van der Waals surface area contributed by atoms with Crippen LogP contribution in [-0.2, 0) is 29.5 Å². The molecule has 4 heterocycles. The first-order valence-electron chi connectivity index (χ1n) is 19.3. The molecule has 5 aliphatic rings. The molecule has 0 spiro atoms. The number of halogens is 1. The third-order valence-corrected chi connectivity index (χ3v) is 13.3. The molecule has 2 aromatic carbocycles. The minimum absolute atomic E-state index is 0.0440. The van der Waals surface area contributed by atoms with Crippen molar-refractivity contribution in [2.75, 3.05) is 31.7 Å². The Balaban J connectivity index is 0.998. The van der Waals surface area contributed by atoms with Gasteiger partial charge in [-0.15, -0.1) is 0 Å². The maximum Gasteiger partial charge on any atom is 0.323 e. The average molecular weight is 763 g/mol. The van der Waals surface area contributed by atoms with Crippen molar-refractivity contribution in [1.82, 2.24) is 15.2 Å². The lowest BCUT2D eigenvalue weighted by molar-refractivity contribution is -0.225. The summed E-state index contributed by atoms with van der Waals surface area (Å²) >= 11 is 6.48. The third-order valence-electron chi connectivity index (χ3n) is 13.0. The number of rotatable bonds is 7. The van der Waals surface area contributed by atoms with Gasteiger partial charge in [-0.25, -0.2) is 4.98 Å². The summed E-state index contributed by atoms with van der Waals surface area (Å²) in [5.41, 5.74) is 0.449. The maximum atomic E-state index is 14.2. The molecule has 0 radical (unpaired) electrons. The molecular formula is C41H51ClN4O8. The Labute approximate surface area is 320 Å². The fraction of sp³-hybridized carbons (Fsp3) is 0.585. The van der Waals surface area contributed by atoms with E-state index in [1.165, 1.54) is 12.0 Å². The molecule has 3 N–H and O–H groups in total. The van der Waals surface area contributed by atoms with Crippen molar-refractivity contribution in [3.63, 3.8) is 0 Å². The molecule has 54 heavy (non-hydrogen) atoms. The molecule has 8 rings (SSSR count). The van der Waals surface area contributed by atoms with Crippen LogP contribution in [-0.4, -0.2) is 88.8 Å². The van der Waals surface area contributed by atoms with Crippen molar-refractivity contribution in [2.45, 2.75) is 101 Å². The van der Waals surface area contributed by atoms with E-state index in [4.69, 9.17) is 35.3 Å². The van der Waals surface area contributed by atoms with Crippen molar-refractivity contribution >= 4 is 40.3 Å². The number of hydroxylamine groups is 1. The van der Waals surface area contributed by atoms with E-state index in [-0.39, 0.29) is 36.0 Å². The number of piperidine rings is 1. The van der Waals surface area contributed by atoms with Gasteiger partial charge in [0.15, 0.2) is 29.9 Å². The fourth-order valence-corrected chi connectivity index (χ4v) is 10.4. The van der Waals surface area contributed by atoms with Gasteiger partial charge >= 0.3 is 11.9 Å². The minimum atomic E-state index is -1.57. The van der Waals surface area contributed by atoms with Gasteiger partial charge in [-0.3, -0.25) is 24.8 Å². The molecule has 290 valence electrons. The largest absolute Gasteiger partial charge is 0.454 e. The first kappa shape index (κ1) is 37.4. The Bertz CT molecular complexity index is 1910. The second-order valence-corrected chi connectivity index (χ2v) is 16.8. The number of oxazole rings is 1. The summed E-state index contributed by atoms with van der Waals surface area (Å²) in [6.07, 6.45) is 2.48. The van der Waals surface area contributed by atoms with E-state index in [9.17, 15) is 19.8 Å². The quantitative estimate of drug-likeness (QED) is 0.208. The van der Waals surface area contributed by atoms with Crippen LogP contribution in [0.2, 0.25) is 5.02 Å². The zero-order chi connectivity index (χ0) is 38.1. The normalized spacial score (nSPS) is 34.8. The number of aliphatic hydroxyl groups is 2. The number of hydrogen-bond acceptors (Lipinski definition) is 12. The van der Waals surface area contributed by atoms with Crippen LogP contribution in [0, 0.1) is 23.7 Å². The van der Waals surface area contributed by atoms with E-state index in [2.05, 4.69) is 23.2 Å². The number of carbonyl (C=O) groups is 2. The number of ether oxygens (including phenoxy) is 2. The molecule has 3 aliphatic heterocycles. The van der Waals surface area contributed by atoms with Crippen LogP contribution in [0.1, 0.15) is 77.2 Å². The Morgan fingerprint density at radius 2 is 1.85 bits per heavy atom. The summed E-state index contributed by atoms with van der Waals surface area (Å²) in [5.74, 6) is -0.392. The summed E-state index contributed by atoms with van der Waals surface area (Å²) in [6.45, 7) is 10.1. The molecule has 1 saturated carbocycles. The molecule has 1 unspecified atom stereocenters. The number of esters is 2. The van der Waals surface area contributed by atoms with Crippen molar-refractivity contribution < 1.29 is 38.5 Å². The number of anilines is 1. The van der Waals surface area contributed by atoms with Gasteiger partial charge < -0.3 is 29.0 Å². The monoisotopic (exact) mass is 762 g/mol. The molecule has 3 fully saturated rings. The second-order valence-electron chi connectivity index (χ2n) is 16.4. The van der Waals surface area contributed by atoms with Crippen molar-refractivity contribution in [2.24, 2.45) is 23.7 Å². The molecule has 0 amide bonds. The Kier molecular flexibility index (Phi) is 9.84. The van der Waals surface area contributed by atoms with Crippen molar-refractivity contribution in [3.05, 3.63) is 70.6 Å². The van der Waals surface area contributed by atoms with Gasteiger partial charge in [0.2, 0.25) is 0 Å². The molecule has 12 nitrogen and oxygen atoms in total. The molecular weight excluding hydrogens is 712 g/mol. The SMILES string of the molecule is CC(=O)O[C@@H]1C(C)=C[C@@H]2[C@H](C(C)CN3CCC(c4nc5ccccc5o4)CC3)CC[C@@H](C)[C@]2(O)[C@H]1OC(=O)[C@@H]1C[C@@]2(O)c3cccc(Cl)c3N(C)O[C@H]2N1. The molecule has 13 heteroatoms. The summed E-state index contributed by atoms with van der Waals surface area (Å²) in [6, 6.07) is 12.1. The van der Waals surface area contributed by atoms with E-state index >= 15 is 0 Å². The number of carbonyl (C=O) groups excluding carboxylic acids is 2. The van der Waals surface area contributed by atoms with Crippen molar-refractivity contribution in [3.8, 4) is 0 Å². The molecule has 1 aromatic heterocycles. The number of aromatic nitrogens is 1. The zero-order valence-electron chi connectivity index (χ0n) is 31.5. The zero-order valence-corrected chi connectivity index (χ0v) is 32.3. The topological polar surface area (TPSA) is 147 Å². The Morgan fingerprint density at radius 1 is 1.09 bits per heavy atom. The third kappa shape index (κ3) is 6.32. The fourth-order valence-electron chi connectivity index (χ4n) is 10.1. The standard InChI is InChI=1S/C41H51ClN4O8/c1-22-19-29-27(23(2)21-46-17-15-26(16-18-46)37-43-31-11-6-7-12-33(31)52-37)14-13-24(3)41(29,50)36(35(22)51-25(4)47)53-38(48)32-20-40(49)28-9-8-10-30(42)34(28)45(5)54-39(40)44-32/h6-12,19,23-24,26-27,29,32,35-36,39,44,49-50H,13-18,20-21H2,1-5H3/t23?,24-,27+,29-,32+,35-,36+,39-,40-,41-/m1/s1. The summed E-state index contributed by atoms with van der Waals surface area (Å²) in [5, 5.41) is 29.9. The minimum Gasteiger partial charge on any atom is -0.454 e. The van der Waals surface area contributed by atoms with E-state index in [0.717, 1.165) is 67.9 Å². The summed E-state index contributed by atoms with van der Waals surface area (Å²) in [7, 11) is 1.69. The van der Waals surface area contributed by atoms with Crippen LogP contribution in [0.4, 0.5) is 5.69 Å². The predicted molar refractivity (Wildman–Crippen MR) is 201 cm³/mol. The molecule has 0 bridgehead atoms. The number of fused-ring (bicyclic) bond motifs is 5. The van der Waals surface area contributed by atoms with Gasteiger partial charge in [0.1, 0.15) is 22.8 Å². The van der Waals surface area contributed by atoms with Gasteiger partial charge in [0.05, 0.1) is 10.7 Å². The average Bonchev–Trinajstić information content (AvgIpc) is 3.73. The van der Waals surface area contributed by atoms with Gasteiger partial charge in [-0.1, -0.05) is 55.8 Å². The number of hydrogen-bond donors (Lipinski definition) is 3. The maximum absolute atomic E-state index is 14.2. The molecule has 3 aromatic rings. The number of para-hydroxylation sites is 3. The van der Waals surface area contributed by atoms with Gasteiger partial charge in [-0.05, 0) is 87.2 Å². The first-order chi connectivity index (χ1) is 25.8. The lowest BCUT2D eigenvalue weighted by atomic mass is 9.55. The van der Waals surface area contributed by atoms with Crippen molar-refractivity contribution in [1.29, 1.82) is 0 Å². The second kappa shape index (κ2) is 14.2.